The van der Waals surface area contributed by atoms with E-state index in [2.05, 4.69) is 26.1 Å². The van der Waals surface area contributed by atoms with E-state index in [1.807, 2.05) is 18.2 Å². The Morgan fingerprint density at radius 2 is 1.95 bits per heavy atom. The second-order valence-electron chi connectivity index (χ2n) is 4.18. The number of benzene rings is 1. The molecule has 1 aromatic carbocycles. The molecule has 0 aliphatic heterocycles. The molecular formula is C14H15BrN2O3. The van der Waals surface area contributed by atoms with Crippen molar-refractivity contribution >= 4 is 15.9 Å². The summed E-state index contributed by atoms with van der Waals surface area (Å²) in [7, 11) is 3.13. The largest absolute Gasteiger partial charge is 0.497 e. The van der Waals surface area contributed by atoms with E-state index in [1.165, 1.54) is 7.11 Å². The lowest BCUT2D eigenvalue weighted by atomic mass is 10.1. The Balaban J connectivity index is 2.15. The molecule has 0 aliphatic carbocycles. The van der Waals surface area contributed by atoms with E-state index in [9.17, 15) is 5.11 Å². The van der Waals surface area contributed by atoms with Gasteiger partial charge in [-0.15, -0.1) is 10.2 Å². The van der Waals surface area contributed by atoms with Gasteiger partial charge in [-0.25, -0.2) is 0 Å². The first-order valence-electron chi connectivity index (χ1n) is 6.02. The first kappa shape index (κ1) is 14.7. The number of ether oxygens (including phenoxy) is 2. The minimum atomic E-state index is -0.739. The van der Waals surface area contributed by atoms with Crippen molar-refractivity contribution in [3.8, 4) is 11.6 Å². The van der Waals surface area contributed by atoms with Crippen molar-refractivity contribution in [1.29, 1.82) is 0 Å². The van der Waals surface area contributed by atoms with E-state index < -0.39 is 6.10 Å². The van der Waals surface area contributed by atoms with Crippen LogP contribution in [0.5, 0.6) is 11.6 Å². The maximum absolute atomic E-state index is 10.2. The van der Waals surface area contributed by atoms with E-state index >= 15 is 0 Å². The predicted octanol–water partition coefficient (Wildman–Crippen LogP) is 2.53. The fourth-order valence-electron chi connectivity index (χ4n) is 1.76. The van der Waals surface area contributed by atoms with Gasteiger partial charge in [0.2, 0.25) is 5.88 Å². The molecule has 1 aromatic heterocycles. The summed E-state index contributed by atoms with van der Waals surface area (Å²) in [6.07, 6.45) is -0.324. The summed E-state index contributed by atoms with van der Waals surface area (Å²) in [6.45, 7) is 0. The third-order valence-electron chi connectivity index (χ3n) is 2.88. The molecule has 6 heteroatoms. The molecule has 0 fully saturated rings. The SMILES string of the molecule is COc1ccc(Br)c(CC(O)c2ccc(OC)nn2)c1. The summed E-state index contributed by atoms with van der Waals surface area (Å²) in [5.41, 5.74) is 1.44. The fraction of sp³-hybridized carbons (Fsp3) is 0.286. The van der Waals surface area contributed by atoms with Gasteiger partial charge in [-0.3, -0.25) is 0 Å². The predicted molar refractivity (Wildman–Crippen MR) is 77.9 cm³/mol. The number of aliphatic hydroxyl groups is 1. The minimum Gasteiger partial charge on any atom is -0.497 e. The Bertz CT molecular complexity index is 575. The number of rotatable bonds is 5. The van der Waals surface area contributed by atoms with Crippen LogP contribution < -0.4 is 9.47 Å². The molecule has 5 nitrogen and oxygen atoms in total. The maximum Gasteiger partial charge on any atom is 0.233 e. The molecule has 0 spiro atoms. The molecule has 106 valence electrons. The molecule has 2 aromatic rings. The molecule has 20 heavy (non-hydrogen) atoms. The van der Waals surface area contributed by atoms with E-state index in [4.69, 9.17) is 9.47 Å². The van der Waals surface area contributed by atoms with Crippen molar-refractivity contribution in [2.45, 2.75) is 12.5 Å². The van der Waals surface area contributed by atoms with E-state index in [0.717, 1.165) is 15.8 Å². The average molecular weight is 339 g/mol. The topological polar surface area (TPSA) is 64.5 Å². The molecule has 0 bridgehead atoms. The molecule has 0 radical (unpaired) electrons. The van der Waals surface area contributed by atoms with Crippen molar-refractivity contribution < 1.29 is 14.6 Å². The van der Waals surface area contributed by atoms with E-state index in [-0.39, 0.29) is 0 Å². The summed E-state index contributed by atoms with van der Waals surface area (Å²) < 4.78 is 11.0. The number of nitrogens with zero attached hydrogens (tertiary/aromatic N) is 2. The highest BCUT2D eigenvalue weighted by molar-refractivity contribution is 9.10. The van der Waals surface area contributed by atoms with Gasteiger partial charge in [0.25, 0.3) is 0 Å². The molecule has 0 aliphatic rings. The maximum atomic E-state index is 10.2. The quantitative estimate of drug-likeness (QED) is 0.907. The molecule has 1 heterocycles. The smallest absolute Gasteiger partial charge is 0.233 e. The van der Waals surface area contributed by atoms with Crippen LogP contribution in [0.4, 0.5) is 0 Å². The second kappa shape index (κ2) is 6.67. The molecular weight excluding hydrogens is 324 g/mol. The normalized spacial score (nSPS) is 12.0. The Labute approximate surface area is 125 Å². The lowest BCUT2D eigenvalue weighted by Crippen LogP contribution is -2.06. The molecule has 1 unspecified atom stereocenters. The number of aliphatic hydroxyl groups excluding tert-OH is 1. The Morgan fingerprint density at radius 1 is 1.15 bits per heavy atom. The first-order chi connectivity index (χ1) is 9.63. The van der Waals surface area contributed by atoms with E-state index in [0.29, 0.717) is 18.0 Å². The molecule has 0 amide bonds. The van der Waals surface area contributed by atoms with Gasteiger partial charge in [-0.2, -0.15) is 0 Å². The van der Waals surface area contributed by atoms with Crippen molar-refractivity contribution in [2.75, 3.05) is 14.2 Å². The third-order valence-corrected chi connectivity index (χ3v) is 3.65. The van der Waals surface area contributed by atoms with Crippen LogP contribution in [0, 0.1) is 0 Å². The standard InChI is InChI=1S/C14H15BrN2O3/c1-19-10-3-4-11(15)9(7-10)8-13(18)12-5-6-14(20-2)17-16-12/h3-7,13,18H,8H2,1-2H3. The average Bonchev–Trinajstić information content (AvgIpc) is 2.49. The van der Waals surface area contributed by atoms with Gasteiger partial charge < -0.3 is 14.6 Å². The summed E-state index contributed by atoms with van der Waals surface area (Å²) in [6, 6.07) is 8.99. The zero-order valence-electron chi connectivity index (χ0n) is 11.2. The van der Waals surface area contributed by atoms with Crippen LogP contribution in [0.1, 0.15) is 17.4 Å². The summed E-state index contributed by atoms with van der Waals surface area (Å²) in [5.74, 6) is 1.17. The highest BCUT2D eigenvalue weighted by Crippen LogP contribution is 2.27. The van der Waals surface area contributed by atoms with Crippen LogP contribution in [-0.2, 0) is 6.42 Å². The molecule has 1 atom stereocenters. The zero-order valence-corrected chi connectivity index (χ0v) is 12.8. The summed E-state index contributed by atoms with van der Waals surface area (Å²) >= 11 is 3.46. The van der Waals surface area contributed by atoms with Gasteiger partial charge in [0.05, 0.1) is 19.9 Å². The first-order valence-corrected chi connectivity index (χ1v) is 6.81. The number of hydrogen-bond donors (Lipinski definition) is 1. The molecule has 0 saturated heterocycles. The fourth-order valence-corrected chi connectivity index (χ4v) is 2.17. The van der Waals surface area contributed by atoms with Crippen molar-refractivity contribution in [3.63, 3.8) is 0 Å². The van der Waals surface area contributed by atoms with Gasteiger partial charge in [0.15, 0.2) is 0 Å². The zero-order chi connectivity index (χ0) is 14.5. The van der Waals surface area contributed by atoms with Crippen molar-refractivity contribution in [2.24, 2.45) is 0 Å². The van der Waals surface area contributed by atoms with Gasteiger partial charge in [-0.05, 0) is 29.8 Å². The lowest BCUT2D eigenvalue weighted by molar-refractivity contribution is 0.171. The highest BCUT2D eigenvalue weighted by Gasteiger charge is 2.13. The van der Waals surface area contributed by atoms with Crippen LogP contribution in [0.25, 0.3) is 0 Å². The van der Waals surface area contributed by atoms with Crippen LogP contribution >= 0.6 is 15.9 Å². The summed E-state index contributed by atoms with van der Waals surface area (Å²) in [5, 5.41) is 18.0. The Morgan fingerprint density at radius 3 is 2.55 bits per heavy atom. The number of aromatic nitrogens is 2. The number of hydrogen-bond acceptors (Lipinski definition) is 5. The van der Waals surface area contributed by atoms with Crippen LogP contribution in [-0.4, -0.2) is 29.5 Å². The van der Waals surface area contributed by atoms with Crippen LogP contribution in [0.2, 0.25) is 0 Å². The van der Waals surface area contributed by atoms with Gasteiger partial charge in [-0.1, -0.05) is 15.9 Å². The second-order valence-corrected chi connectivity index (χ2v) is 5.03. The van der Waals surface area contributed by atoms with Gasteiger partial charge >= 0.3 is 0 Å². The molecule has 1 N–H and O–H groups in total. The van der Waals surface area contributed by atoms with Gasteiger partial charge in [0.1, 0.15) is 11.9 Å². The van der Waals surface area contributed by atoms with Crippen LogP contribution in [0.15, 0.2) is 34.8 Å². The highest BCUT2D eigenvalue weighted by atomic mass is 79.9. The Kier molecular flexibility index (Phi) is 4.92. The third kappa shape index (κ3) is 3.46. The lowest BCUT2D eigenvalue weighted by Gasteiger charge is -2.12. The van der Waals surface area contributed by atoms with Gasteiger partial charge in [0, 0.05) is 17.0 Å². The van der Waals surface area contributed by atoms with E-state index in [1.54, 1.807) is 19.2 Å². The molecule has 2 rings (SSSR count). The van der Waals surface area contributed by atoms with Crippen molar-refractivity contribution in [1.82, 2.24) is 10.2 Å². The Hall–Kier alpha value is -1.66. The monoisotopic (exact) mass is 338 g/mol. The minimum absolute atomic E-state index is 0.415. The summed E-state index contributed by atoms with van der Waals surface area (Å²) in [4.78, 5) is 0. The number of halogens is 1. The van der Waals surface area contributed by atoms with Crippen LogP contribution in [0.3, 0.4) is 0 Å². The number of methoxy groups -OCH3 is 2. The van der Waals surface area contributed by atoms with Crippen molar-refractivity contribution in [3.05, 3.63) is 46.1 Å². The molecule has 0 saturated carbocycles.